The lowest BCUT2D eigenvalue weighted by molar-refractivity contribution is -0.133. The summed E-state index contributed by atoms with van der Waals surface area (Å²) in [7, 11) is 0. The van der Waals surface area contributed by atoms with Crippen molar-refractivity contribution in [2.75, 3.05) is 5.75 Å². The van der Waals surface area contributed by atoms with Gasteiger partial charge in [-0.3, -0.25) is 4.79 Å². The molecule has 0 amide bonds. The Morgan fingerprint density at radius 3 is 2.89 bits per heavy atom. The first-order valence-corrected chi connectivity index (χ1v) is 3.44. The van der Waals surface area contributed by atoms with E-state index in [2.05, 4.69) is 0 Å². The van der Waals surface area contributed by atoms with Crippen LogP contribution in [0.1, 0.15) is 6.92 Å². The number of carboxylic acids is 1. The van der Waals surface area contributed by atoms with E-state index in [-0.39, 0.29) is 11.0 Å². The Kier molecular flexibility index (Phi) is 3.89. The second kappa shape index (κ2) is 4.21. The molecule has 0 aliphatic rings. The molecule has 9 heavy (non-hydrogen) atoms. The van der Waals surface area contributed by atoms with Crippen LogP contribution < -0.4 is 0 Å². The van der Waals surface area contributed by atoms with Gasteiger partial charge >= 0.3 is 5.97 Å². The Balaban J connectivity index is 3.30. The smallest absolute Gasteiger partial charge is 0.313 e. The standard InChI is InChI=1S/C5H7NO2S/c1-4(2-6)9-3-5(7)8/h4H,3H2,1H3,(H,7,8). The summed E-state index contributed by atoms with van der Waals surface area (Å²) in [5.41, 5.74) is 0. The van der Waals surface area contributed by atoms with Gasteiger partial charge in [-0.1, -0.05) is 0 Å². The minimum atomic E-state index is -0.873. The maximum atomic E-state index is 9.89. The van der Waals surface area contributed by atoms with Crippen LogP contribution in [0.4, 0.5) is 0 Å². The molecule has 50 valence electrons. The van der Waals surface area contributed by atoms with Crippen LogP contribution in [0.5, 0.6) is 0 Å². The molecular weight excluding hydrogens is 138 g/mol. The third kappa shape index (κ3) is 5.18. The molecule has 0 saturated carbocycles. The first-order valence-electron chi connectivity index (χ1n) is 2.40. The molecule has 0 rings (SSSR count). The average molecular weight is 145 g/mol. The van der Waals surface area contributed by atoms with Crippen molar-refractivity contribution in [2.24, 2.45) is 0 Å². The van der Waals surface area contributed by atoms with Crippen LogP contribution in [0, 0.1) is 11.3 Å². The lowest BCUT2D eigenvalue weighted by atomic mass is 10.5. The third-order valence-electron chi connectivity index (χ3n) is 0.639. The number of aliphatic carboxylic acids is 1. The van der Waals surface area contributed by atoms with Crippen molar-refractivity contribution in [3.8, 4) is 6.07 Å². The fraction of sp³-hybridized carbons (Fsp3) is 0.600. The molecule has 0 fully saturated rings. The summed E-state index contributed by atoms with van der Waals surface area (Å²) < 4.78 is 0. The van der Waals surface area contributed by atoms with Gasteiger partial charge in [0.2, 0.25) is 0 Å². The fourth-order valence-corrected chi connectivity index (χ4v) is 0.701. The van der Waals surface area contributed by atoms with Gasteiger partial charge in [0.15, 0.2) is 0 Å². The Hall–Kier alpha value is -0.690. The summed E-state index contributed by atoms with van der Waals surface area (Å²) in [6.07, 6.45) is 0. The number of hydrogen-bond donors (Lipinski definition) is 1. The highest BCUT2D eigenvalue weighted by Crippen LogP contribution is 2.07. The fourth-order valence-electron chi connectivity index (χ4n) is 0.234. The topological polar surface area (TPSA) is 61.1 Å². The summed E-state index contributed by atoms with van der Waals surface area (Å²) in [6.45, 7) is 1.67. The second-order valence-electron chi connectivity index (χ2n) is 1.48. The first-order chi connectivity index (χ1) is 4.16. The lowest BCUT2D eigenvalue weighted by Gasteiger charge is -1.95. The van der Waals surface area contributed by atoms with Crippen LogP contribution >= 0.6 is 11.8 Å². The molecule has 3 nitrogen and oxygen atoms in total. The molecule has 0 aliphatic heterocycles. The highest BCUT2D eigenvalue weighted by molar-refractivity contribution is 8.00. The molecule has 0 bridgehead atoms. The van der Waals surface area contributed by atoms with Crippen molar-refractivity contribution >= 4 is 17.7 Å². The molecule has 1 N–H and O–H groups in total. The molecule has 0 aromatic heterocycles. The molecule has 0 aromatic carbocycles. The Morgan fingerprint density at radius 2 is 2.56 bits per heavy atom. The van der Waals surface area contributed by atoms with Gasteiger partial charge in [-0.2, -0.15) is 5.26 Å². The van der Waals surface area contributed by atoms with Crippen LogP contribution in [-0.4, -0.2) is 22.1 Å². The van der Waals surface area contributed by atoms with Gasteiger partial charge in [0.05, 0.1) is 17.1 Å². The maximum absolute atomic E-state index is 9.89. The van der Waals surface area contributed by atoms with Crippen molar-refractivity contribution in [1.29, 1.82) is 5.26 Å². The van der Waals surface area contributed by atoms with Crippen molar-refractivity contribution in [3.05, 3.63) is 0 Å². The zero-order valence-electron chi connectivity index (χ0n) is 5.00. The monoisotopic (exact) mass is 145 g/mol. The molecule has 0 saturated heterocycles. The molecule has 0 aromatic rings. The Bertz CT molecular complexity index is 140. The van der Waals surface area contributed by atoms with E-state index in [1.54, 1.807) is 6.92 Å². The predicted octanol–water partition coefficient (Wildman–Crippen LogP) is 0.716. The van der Waals surface area contributed by atoms with Gasteiger partial charge in [0, 0.05) is 0 Å². The van der Waals surface area contributed by atoms with Crippen LogP contribution in [0.15, 0.2) is 0 Å². The molecule has 1 atom stereocenters. The molecule has 0 aliphatic carbocycles. The highest BCUT2D eigenvalue weighted by Gasteiger charge is 2.02. The van der Waals surface area contributed by atoms with Gasteiger partial charge in [0.1, 0.15) is 0 Å². The van der Waals surface area contributed by atoms with E-state index in [1.165, 1.54) is 0 Å². The summed E-state index contributed by atoms with van der Waals surface area (Å²) in [4.78, 5) is 9.89. The van der Waals surface area contributed by atoms with Crippen LogP contribution in [0.25, 0.3) is 0 Å². The SMILES string of the molecule is CC(C#N)SCC(=O)O. The molecule has 0 radical (unpaired) electrons. The molecular formula is C5H7NO2S. The van der Waals surface area contributed by atoms with Gasteiger partial charge in [-0.15, -0.1) is 11.8 Å². The van der Waals surface area contributed by atoms with Crippen molar-refractivity contribution in [3.63, 3.8) is 0 Å². The van der Waals surface area contributed by atoms with Gasteiger partial charge in [-0.25, -0.2) is 0 Å². The van der Waals surface area contributed by atoms with E-state index in [0.29, 0.717) is 0 Å². The minimum Gasteiger partial charge on any atom is -0.481 e. The highest BCUT2D eigenvalue weighted by atomic mass is 32.2. The van der Waals surface area contributed by atoms with Gasteiger partial charge in [0.25, 0.3) is 0 Å². The number of thioether (sulfide) groups is 1. The van der Waals surface area contributed by atoms with E-state index >= 15 is 0 Å². The van der Waals surface area contributed by atoms with E-state index < -0.39 is 5.97 Å². The number of hydrogen-bond acceptors (Lipinski definition) is 3. The normalized spacial score (nSPS) is 12.0. The van der Waals surface area contributed by atoms with Crippen molar-refractivity contribution in [1.82, 2.24) is 0 Å². The zero-order valence-corrected chi connectivity index (χ0v) is 5.81. The van der Waals surface area contributed by atoms with E-state index in [1.807, 2.05) is 6.07 Å². The van der Waals surface area contributed by atoms with Crippen LogP contribution in [0.2, 0.25) is 0 Å². The lowest BCUT2D eigenvalue weighted by Crippen LogP contribution is -2.02. The van der Waals surface area contributed by atoms with Crippen molar-refractivity contribution in [2.45, 2.75) is 12.2 Å². The molecule has 0 heterocycles. The van der Waals surface area contributed by atoms with Crippen molar-refractivity contribution < 1.29 is 9.90 Å². The predicted molar refractivity (Wildman–Crippen MR) is 35.2 cm³/mol. The number of carbonyl (C=O) groups is 1. The number of rotatable bonds is 3. The van der Waals surface area contributed by atoms with E-state index in [0.717, 1.165) is 11.8 Å². The molecule has 1 unspecified atom stereocenters. The quantitative estimate of drug-likeness (QED) is 0.635. The third-order valence-corrected chi connectivity index (χ3v) is 1.66. The number of nitriles is 1. The zero-order chi connectivity index (χ0) is 7.28. The van der Waals surface area contributed by atoms with Gasteiger partial charge in [-0.05, 0) is 6.92 Å². The minimum absolute atomic E-state index is 0.00866. The number of carboxylic acid groups (broad SMARTS) is 1. The van der Waals surface area contributed by atoms with Gasteiger partial charge < -0.3 is 5.11 Å². The number of nitrogens with zero attached hydrogens (tertiary/aromatic N) is 1. The van der Waals surface area contributed by atoms with E-state index in [4.69, 9.17) is 10.4 Å². The maximum Gasteiger partial charge on any atom is 0.313 e. The second-order valence-corrected chi connectivity index (χ2v) is 2.81. The summed E-state index contributed by atoms with van der Waals surface area (Å²) >= 11 is 1.12. The largest absolute Gasteiger partial charge is 0.481 e. The van der Waals surface area contributed by atoms with Crippen LogP contribution in [0.3, 0.4) is 0 Å². The molecule has 0 spiro atoms. The average Bonchev–Trinajstić information content (AvgIpc) is 1.83. The van der Waals surface area contributed by atoms with Crippen LogP contribution in [-0.2, 0) is 4.79 Å². The Labute approximate surface area is 57.7 Å². The summed E-state index contributed by atoms with van der Waals surface area (Å²) in [5, 5.41) is 16.1. The van der Waals surface area contributed by atoms with E-state index in [9.17, 15) is 4.79 Å². The first kappa shape index (κ1) is 8.31. The summed E-state index contributed by atoms with van der Waals surface area (Å²) in [6, 6.07) is 1.92. The summed E-state index contributed by atoms with van der Waals surface area (Å²) in [5.74, 6) is -0.864. The Morgan fingerprint density at radius 1 is 2.00 bits per heavy atom. The molecule has 4 heteroatoms.